The first-order valence-electron chi connectivity index (χ1n) is 8.30. The first kappa shape index (κ1) is 45.3. The van der Waals surface area contributed by atoms with Crippen molar-refractivity contribution in [2.45, 2.75) is 42.5 Å². The standard InChI is InChI=1S/C3H5N3O2.C3H7NO2.C2F6O5S2.C2H3F3O5S2/c1-2(3(7)8)5-6-4;1-2(4)3(5)6;3-1(4,5)14(9,10)13-15(11,12)2(6,7)8;1-11(6,7)10-12(8,9)2(3,4)5/h2H,1H3,(H,7,8);2H,4H2,1H3,(H,5,6);;1H3/t2*2-;;/m11../s1. The molecule has 0 amide bonds. The van der Waals surface area contributed by atoms with Gasteiger partial charge in [0, 0.05) is 4.91 Å². The number of halogens is 9. The van der Waals surface area contributed by atoms with E-state index in [2.05, 4.69) is 13.7 Å². The van der Waals surface area contributed by atoms with Gasteiger partial charge in [0.15, 0.2) is 0 Å². The summed E-state index contributed by atoms with van der Waals surface area (Å²) >= 11 is 0. The minimum Gasteiger partial charge on any atom is -0.481 e. The Morgan fingerprint density at radius 2 is 0.976 bits per heavy atom. The van der Waals surface area contributed by atoms with E-state index in [1.165, 1.54) is 13.8 Å². The molecule has 246 valence electrons. The van der Waals surface area contributed by atoms with E-state index >= 15 is 0 Å². The fourth-order valence-corrected chi connectivity index (χ4v) is 3.69. The second-order valence-corrected chi connectivity index (χ2v) is 12.5. The molecule has 0 bridgehead atoms. The molecule has 0 aromatic carbocycles. The number of carboxylic acid groups (broad SMARTS) is 2. The van der Waals surface area contributed by atoms with Gasteiger partial charge in [0.1, 0.15) is 12.1 Å². The molecular weight excluding hydrogens is 699 g/mol. The maximum atomic E-state index is 11.4. The Morgan fingerprint density at radius 1 is 0.732 bits per heavy atom. The van der Waals surface area contributed by atoms with E-state index in [0.29, 0.717) is 0 Å². The molecule has 0 aliphatic carbocycles. The monoisotopic (exact) mass is 714 g/mol. The smallest absolute Gasteiger partial charge is 0.481 e. The van der Waals surface area contributed by atoms with Gasteiger partial charge in [-0.25, -0.2) is 0 Å². The van der Waals surface area contributed by atoms with Gasteiger partial charge in [0.2, 0.25) is 0 Å². The molecule has 0 aliphatic heterocycles. The van der Waals surface area contributed by atoms with Crippen LogP contribution in [0.1, 0.15) is 13.8 Å². The predicted molar refractivity (Wildman–Crippen MR) is 109 cm³/mol. The molecule has 0 radical (unpaired) electrons. The van der Waals surface area contributed by atoms with Gasteiger partial charge in [-0.3, -0.25) is 9.59 Å². The number of hydrogen-bond acceptors (Lipinski definition) is 14. The summed E-state index contributed by atoms with van der Waals surface area (Å²) in [6.45, 7) is 2.73. The van der Waals surface area contributed by atoms with Gasteiger partial charge in [-0.15, -0.1) is 7.26 Å². The van der Waals surface area contributed by atoms with Crippen LogP contribution >= 0.6 is 0 Å². The number of azide groups is 1. The Labute approximate surface area is 222 Å². The molecule has 0 unspecified atom stereocenters. The molecule has 0 saturated heterocycles. The van der Waals surface area contributed by atoms with Crippen LogP contribution in [0.3, 0.4) is 0 Å². The summed E-state index contributed by atoms with van der Waals surface area (Å²) in [7, 11) is -24.4. The van der Waals surface area contributed by atoms with Gasteiger partial charge in [0.25, 0.3) is 10.1 Å². The van der Waals surface area contributed by atoms with Gasteiger partial charge in [-0.1, -0.05) is 5.11 Å². The van der Waals surface area contributed by atoms with Crippen molar-refractivity contribution in [1.29, 1.82) is 0 Å². The third kappa shape index (κ3) is 20.8. The maximum Gasteiger partial charge on any atom is 0.524 e. The number of carboxylic acids is 2. The van der Waals surface area contributed by atoms with E-state index in [0.717, 1.165) is 0 Å². The Kier molecular flexibility index (Phi) is 17.8. The van der Waals surface area contributed by atoms with Crippen LogP contribution in [0, 0.1) is 0 Å². The summed E-state index contributed by atoms with van der Waals surface area (Å²) in [6, 6.07) is -1.69. The Hall–Kier alpha value is -2.70. The molecule has 31 heteroatoms. The van der Waals surface area contributed by atoms with E-state index in [-0.39, 0.29) is 6.26 Å². The highest BCUT2D eigenvalue weighted by molar-refractivity contribution is 8.00. The molecule has 0 rings (SSSR count). The molecule has 0 spiro atoms. The van der Waals surface area contributed by atoms with Crippen LogP contribution in [0.25, 0.3) is 10.4 Å². The fraction of sp³-hybridized carbons (Fsp3) is 0.800. The Balaban J connectivity index is -0.000000235. The summed E-state index contributed by atoms with van der Waals surface area (Å²) < 4.78 is 187. The Bertz CT molecular complexity index is 1320. The van der Waals surface area contributed by atoms with Crippen LogP contribution in [-0.4, -0.2) is 90.7 Å². The number of nitrogens with zero attached hydrogens (tertiary/aromatic N) is 3. The molecule has 4 N–H and O–H groups in total. The number of alkyl halides is 9. The molecule has 18 nitrogen and oxygen atoms in total. The van der Waals surface area contributed by atoms with Crippen LogP contribution in [0.5, 0.6) is 0 Å². The highest BCUT2D eigenvalue weighted by Gasteiger charge is 2.57. The molecule has 0 aromatic rings. The number of rotatable bonds is 7. The summed E-state index contributed by atoms with van der Waals surface area (Å²) in [5, 5.41) is 18.8. The predicted octanol–water partition coefficient (Wildman–Crippen LogP) is 0.702. The van der Waals surface area contributed by atoms with Crippen LogP contribution in [0.15, 0.2) is 5.11 Å². The van der Waals surface area contributed by atoms with Crippen molar-refractivity contribution in [1.82, 2.24) is 0 Å². The molecule has 0 aromatic heterocycles. The molecule has 2 atom stereocenters. The van der Waals surface area contributed by atoms with Crippen molar-refractivity contribution in [3.8, 4) is 0 Å². The van der Waals surface area contributed by atoms with Crippen molar-refractivity contribution in [2.75, 3.05) is 6.26 Å². The zero-order valence-electron chi connectivity index (χ0n) is 19.4. The lowest BCUT2D eigenvalue weighted by atomic mass is 10.4. The van der Waals surface area contributed by atoms with Crippen LogP contribution in [-0.2, 0) is 57.3 Å². The fourth-order valence-electron chi connectivity index (χ4n) is 0.523. The van der Waals surface area contributed by atoms with E-state index < -0.39 is 81.0 Å². The van der Waals surface area contributed by atoms with Crippen LogP contribution < -0.4 is 5.73 Å². The van der Waals surface area contributed by atoms with Gasteiger partial charge in [-0.2, -0.15) is 73.2 Å². The normalized spacial score (nSPS) is 14.2. The summed E-state index contributed by atoms with van der Waals surface area (Å²) in [5.74, 6) is -2.07. The highest BCUT2D eigenvalue weighted by atomic mass is 32.3. The Morgan fingerprint density at radius 3 is 1.07 bits per heavy atom. The lowest BCUT2D eigenvalue weighted by molar-refractivity contribution is -0.139. The van der Waals surface area contributed by atoms with Crippen LogP contribution in [0.4, 0.5) is 39.5 Å². The summed E-state index contributed by atoms with van der Waals surface area (Å²) in [4.78, 5) is 21.7. The first-order chi connectivity index (χ1) is 17.5. The highest BCUT2D eigenvalue weighted by Crippen LogP contribution is 2.32. The van der Waals surface area contributed by atoms with Crippen molar-refractivity contribution in [3.05, 3.63) is 10.4 Å². The number of carbonyl (C=O) groups is 2. The molecule has 0 heterocycles. The molecule has 0 fully saturated rings. The number of hydrogen-bond donors (Lipinski definition) is 3. The molecule has 41 heavy (non-hydrogen) atoms. The van der Waals surface area contributed by atoms with Crippen molar-refractivity contribution < 1.29 is 100 Å². The van der Waals surface area contributed by atoms with Gasteiger partial charge >= 0.3 is 58.8 Å². The number of aliphatic carboxylic acids is 2. The SMILES string of the molecule is CS(=O)(=O)OS(=O)(=O)C(F)(F)F.C[C@@H](N)C(=O)O.C[C@@H](N=[N+]=[N-])C(=O)O.O=S(=O)(OS(=O)(=O)C(F)(F)F)C(F)(F)F. The summed E-state index contributed by atoms with van der Waals surface area (Å²) in [5.41, 5.74) is -5.73. The average Bonchev–Trinajstić information content (AvgIpc) is 2.64. The van der Waals surface area contributed by atoms with E-state index in [1.807, 2.05) is 3.63 Å². The first-order valence-corrected chi connectivity index (χ1v) is 14.3. The van der Waals surface area contributed by atoms with Gasteiger partial charge in [0.05, 0.1) is 6.26 Å². The lowest BCUT2D eigenvalue weighted by Crippen LogP contribution is -2.34. The van der Waals surface area contributed by atoms with Gasteiger partial charge < -0.3 is 15.9 Å². The minimum atomic E-state index is -6.85. The molecule has 0 aliphatic rings. The van der Waals surface area contributed by atoms with E-state index in [1.54, 1.807) is 0 Å². The zero-order valence-corrected chi connectivity index (χ0v) is 22.7. The van der Waals surface area contributed by atoms with E-state index in [4.69, 9.17) is 21.5 Å². The maximum absolute atomic E-state index is 11.4. The lowest BCUT2D eigenvalue weighted by Gasteiger charge is -2.09. The van der Waals surface area contributed by atoms with Crippen LogP contribution in [0.2, 0.25) is 0 Å². The molecular formula is C10H15F9N4O14S4. The third-order valence-corrected chi connectivity index (χ3v) is 7.05. The topological polar surface area (TPSA) is 304 Å². The van der Waals surface area contributed by atoms with E-state index in [9.17, 15) is 82.8 Å². The second-order valence-electron chi connectivity index (χ2n) is 5.89. The van der Waals surface area contributed by atoms with Crippen molar-refractivity contribution in [3.63, 3.8) is 0 Å². The second kappa shape index (κ2) is 16.1. The largest absolute Gasteiger partial charge is 0.524 e. The van der Waals surface area contributed by atoms with Crippen molar-refractivity contribution in [2.24, 2.45) is 10.8 Å². The minimum absolute atomic E-state index is 0.191. The zero-order chi connectivity index (χ0) is 34.6. The quantitative estimate of drug-likeness (QED) is 0.107. The third-order valence-electron chi connectivity index (χ3n) is 2.21. The van der Waals surface area contributed by atoms with Gasteiger partial charge in [-0.05, 0) is 19.4 Å². The summed E-state index contributed by atoms with van der Waals surface area (Å²) in [6.07, 6.45) is 0.191. The molecule has 0 saturated carbocycles. The number of nitrogens with two attached hydrogens (primary N) is 1. The average molecular weight is 714 g/mol. The van der Waals surface area contributed by atoms with Crippen molar-refractivity contribution >= 4 is 52.4 Å².